The van der Waals surface area contributed by atoms with Crippen LogP contribution in [0, 0.1) is 0 Å². The molecule has 2 N–H and O–H groups in total. The highest BCUT2D eigenvalue weighted by Gasteiger charge is 2.20. The first-order chi connectivity index (χ1) is 8.24. The summed E-state index contributed by atoms with van der Waals surface area (Å²) < 4.78 is 2.80. The number of nitrogens with zero attached hydrogens (tertiary/aromatic N) is 2. The van der Waals surface area contributed by atoms with E-state index in [9.17, 15) is 0 Å². The van der Waals surface area contributed by atoms with Crippen molar-refractivity contribution in [2.24, 2.45) is 0 Å². The Morgan fingerprint density at radius 3 is 2.82 bits per heavy atom. The lowest BCUT2D eigenvalue weighted by Crippen LogP contribution is -2.04. The van der Waals surface area contributed by atoms with Gasteiger partial charge >= 0.3 is 0 Å². The first-order valence-corrected chi connectivity index (χ1v) is 7.09. The highest BCUT2D eigenvalue weighted by atomic mass is 35.5. The van der Waals surface area contributed by atoms with Gasteiger partial charge in [-0.25, -0.2) is 0 Å². The van der Waals surface area contributed by atoms with Crippen LogP contribution in [0.25, 0.3) is 11.3 Å². The van der Waals surface area contributed by atoms with Crippen molar-refractivity contribution < 1.29 is 0 Å². The highest BCUT2D eigenvalue weighted by Crippen LogP contribution is 2.34. The predicted octanol–water partition coefficient (Wildman–Crippen LogP) is 3.96. The molecule has 0 aliphatic heterocycles. The van der Waals surface area contributed by atoms with Crippen molar-refractivity contribution in [1.82, 2.24) is 9.78 Å². The molecule has 5 heteroatoms. The maximum absolute atomic E-state index is 6.03. The quantitative estimate of drug-likeness (QED) is 0.895. The van der Waals surface area contributed by atoms with Crippen LogP contribution in [0.3, 0.4) is 0 Å². The molecule has 0 saturated heterocycles. The topological polar surface area (TPSA) is 43.8 Å². The summed E-state index contributed by atoms with van der Waals surface area (Å²) in [5.41, 5.74) is 8.65. The summed E-state index contributed by atoms with van der Waals surface area (Å²) in [4.78, 5) is 0. The second kappa shape index (κ2) is 4.35. The van der Waals surface area contributed by atoms with Crippen molar-refractivity contribution in [1.29, 1.82) is 0 Å². The highest BCUT2D eigenvalue weighted by molar-refractivity contribution is 7.14. The van der Waals surface area contributed by atoms with Gasteiger partial charge in [0.25, 0.3) is 0 Å². The molecule has 2 aromatic rings. The molecule has 0 amide bonds. The van der Waals surface area contributed by atoms with Crippen LogP contribution in [0.2, 0.25) is 4.34 Å². The van der Waals surface area contributed by atoms with Crippen LogP contribution in [0.15, 0.2) is 17.6 Å². The molecule has 0 radical (unpaired) electrons. The minimum atomic E-state index is 0.528. The largest absolute Gasteiger partial charge is 0.396 e. The van der Waals surface area contributed by atoms with E-state index >= 15 is 0 Å². The summed E-state index contributed by atoms with van der Waals surface area (Å²) in [6, 6.07) is 2.45. The third-order valence-corrected chi connectivity index (χ3v) is 4.39. The normalized spacial score (nSPS) is 16.8. The van der Waals surface area contributed by atoms with Gasteiger partial charge in [0.2, 0.25) is 0 Å². The average molecular weight is 268 g/mol. The molecule has 3 rings (SSSR count). The Bertz CT molecular complexity index is 526. The zero-order valence-electron chi connectivity index (χ0n) is 9.40. The van der Waals surface area contributed by atoms with E-state index in [1.54, 1.807) is 0 Å². The van der Waals surface area contributed by atoms with E-state index in [0.29, 0.717) is 6.04 Å². The van der Waals surface area contributed by atoms with Crippen molar-refractivity contribution in [3.63, 3.8) is 0 Å². The second-order valence-electron chi connectivity index (χ2n) is 4.49. The summed E-state index contributed by atoms with van der Waals surface area (Å²) >= 11 is 7.45. The molecule has 3 nitrogen and oxygen atoms in total. The van der Waals surface area contributed by atoms with Gasteiger partial charge in [-0.2, -0.15) is 5.10 Å². The maximum Gasteiger partial charge on any atom is 0.116 e. The summed E-state index contributed by atoms with van der Waals surface area (Å²) in [7, 11) is 0. The van der Waals surface area contributed by atoms with E-state index in [4.69, 9.17) is 17.3 Å². The van der Waals surface area contributed by atoms with E-state index in [0.717, 1.165) is 21.3 Å². The van der Waals surface area contributed by atoms with Gasteiger partial charge in [-0.1, -0.05) is 24.4 Å². The molecule has 0 atom stereocenters. The van der Waals surface area contributed by atoms with E-state index in [1.807, 2.05) is 22.3 Å². The Balaban J connectivity index is 1.95. The van der Waals surface area contributed by atoms with Gasteiger partial charge < -0.3 is 5.73 Å². The number of thiophene rings is 1. The number of halogens is 1. The van der Waals surface area contributed by atoms with Crippen LogP contribution in [0.4, 0.5) is 5.69 Å². The molecule has 1 fully saturated rings. The van der Waals surface area contributed by atoms with E-state index in [-0.39, 0.29) is 0 Å². The minimum Gasteiger partial charge on any atom is -0.396 e. The lowest BCUT2D eigenvalue weighted by Gasteiger charge is -2.08. The molecule has 1 saturated carbocycles. The molecule has 2 heterocycles. The predicted molar refractivity (Wildman–Crippen MR) is 72.5 cm³/mol. The minimum absolute atomic E-state index is 0.528. The number of hydrogen-bond acceptors (Lipinski definition) is 3. The molecular weight excluding hydrogens is 254 g/mol. The Hall–Kier alpha value is -1.00. The van der Waals surface area contributed by atoms with Crippen molar-refractivity contribution in [2.75, 3.05) is 5.73 Å². The van der Waals surface area contributed by atoms with Gasteiger partial charge in [-0.15, -0.1) is 11.3 Å². The monoisotopic (exact) mass is 267 g/mol. The summed E-state index contributed by atoms with van der Waals surface area (Å²) in [6.07, 6.45) is 6.97. The third-order valence-electron chi connectivity index (χ3n) is 3.30. The molecule has 0 unspecified atom stereocenters. The van der Waals surface area contributed by atoms with Gasteiger partial charge in [-0.05, 0) is 18.9 Å². The summed E-state index contributed by atoms with van der Waals surface area (Å²) in [5, 5.41) is 6.62. The molecule has 2 aromatic heterocycles. The van der Waals surface area contributed by atoms with Crippen molar-refractivity contribution in [2.45, 2.75) is 31.7 Å². The van der Waals surface area contributed by atoms with Gasteiger partial charge in [0.1, 0.15) is 5.69 Å². The number of rotatable bonds is 2. The third kappa shape index (κ3) is 2.07. The van der Waals surface area contributed by atoms with Crippen LogP contribution in [0.5, 0.6) is 0 Å². The molecule has 17 heavy (non-hydrogen) atoms. The van der Waals surface area contributed by atoms with Gasteiger partial charge in [0.05, 0.1) is 16.1 Å². The van der Waals surface area contributed by atoms with Crippen LogP contribution in [0.1, 0.15) is 31.7 Å². The van der Waals surface area contributed by atoms with Crippen molar-refractivity contribution >= 4 is 28.6 Å². The fourth-order valence-corrected chi connectivity index (χ4v) is 3.29. The molecule has 0 aromatic carbocycles. The lowest BCUT2D eigenvalue weighted by molar-refractivity contribution is 0.468. The smallest absolute Gasteiger partial charge is 0.116 e. The van der Waals surface area contributed by atoms with Gasteiger partial charge in [0, 0.05) is 17.1 Å². The van der Waals surface area contributed by atoms with Crippen LogP contribution in [-0.2, 0) is 0 Å². The number of aromatic nitrogens is 2. The molecule has 0 spiro atoms. The maximum atomic E-state index is 6.03. The molecular formula is C12H14ClN3S. The van der Waals surface area contributed by atoms with Crippen LogP contribution >= 0.6 is 22.9 Å². The Kier molecular flexibility index (Phi) is 2.84. The van der Waals surface area contributed by atoms with Crippen molar-refractivity contribution in [3.05, 3.63) is 22.0 Å². The standard InChI is InChI=1S/C12H14ClN3S/c13-11-5-8(7-17-11)12-10(14)6-16(15-12)9-3-1-2-4-9/h5-7,9H,1-4,14H2. The molecule has 0 bridgehead atoms. The molecule has 90 valence electrons. The fourth-order valence-electron chi connectivity index (χ4n) is 2.42. The first-order valence-electron chi connectivity index (χ1n) is 5.83. The number of nitrogen functional groups attached to an aromatic ring is 1. The van der Waals surface area contributed by atoms with Gasteiger partial charge in [-0.3, -0.25) is 4.68 Å². The van der Waals surface area contributed by atoms with E-state index < -0.39 is 0 Å². The Morgan fingerprint density at radius 2 is 2.18 bits per heavy atom. The van der Waals surface area contributed by atoms with Gasteiger partial charge in [0.15, 0.2) is 0 Å². The zero-order chi connectivity index (χ0) is 11.8. The SMILES string of the molecule is Nc1cn(C2CCCC2)nc1-c1csc(Cl)c1. The van der Waals surface area contributed by atoms with Crippen LogP contribution < -0.4 is 5.73 Å². The average Bonchev–Trinajstić information content (AvgIpc) is 2.97. The number of hydrogen-bond donors (Lipinski definition) is 1. The summed E-state index contributed by atoms with van der Waals surface area (Å²) in [6.45, 7) is 0. The Morgan fingerprint density at radius 1 is 1.41 bits per heavy atom. The fraction of sp³-hybridized carbons (Fsp3) is 0.417. The number of anilines is 1. The van der Waals surface area contributed by atoms with E-state index in [1.165, 1.54) is 37.0 Å². The van der Waals surface area contributed by atoms with Crippen molar-refractivity contribution in [3.8, 4) is 11.3 Å². The molecule has 1 aliphatic carbocycles. The molecule has 1 aliphatic rings. The zero-order valence-corrected chi connectivity index (χ0v) is 11.0. The summed E-state index contributed by atoms with van der Waals surface area (Å²) in [5.74, 6) is 0. The van der Waals surface area contributed by atoms with Crippen LogP contribution in [-0.4, -0.2) is 9.78 Å². The lowest BCUT2D eigenvalue weighted by atomic mass is 10.2. The first kappa shape index (κ1) is 11.1. The Labute approximate surface area is 109 Å². The second-order valence-corrected chi connectivity index (χ2v) is 6.03. The number of nitrogens with two attached hydrogens (primary N) is 1. The van der Waals surface area contributed by atoms with E-state index in [2.05, 4.69) is 5.10 Å².